The number of alkyl halides is 3. The van der Waals surface area contributed by atoms with Crippen LogP contribution in [0.5, 0.6) is 5.75 Å². The number of rotatable bonds is 5. The fourth-order valence-electron chi connectivity index (χ4n) is 2.18. The van der Waals surface area contributed by atoms with Crippen LogP contribution >= 0.6 is 0 Å². The molecule has 3 rings (SSSR count). The van der Waals surface area contributed by atoms with Gasteiger partial charge in [-0.25, -0.2) is 4.98 Å². The number of aromatic amines is 1. The van der Waals surface area contributed by atoms with E-state index in [1.165, 1.54) is 12.3 Å². The fraction of sp³-hybridized carbons (Fsp3) is 0.250. The summed E-state index contributed by atoms with van der Waals surface area (Å²) in [5.74, 6) is 0.0894. The van der Waals surface area contributed by atoms with Gasteiger partial charge in [0, 0.05) is 17.8 Å². The number of aromatic nitrogens is 3. The molecule has 2 aromatic heterocycles. The molecule has 0 saturated carbocycles. The molecule has 0 aliphatic rings. The number of hydrogen-bond acceptors (Lipinski definition) is 4. The van der Waals surface area contributed by atoms with E-state index in [-0.39, 0.29) is 57.6 Å². The molecule has 3 aromatic rings. The van der Waals surface area contributed by atoms with Crippen molar-refractivity contribution < 1.29 is 22.1 Å². The van der Waals surface area contributed by atoms with Crippen molar-refractivity contribution in [3.63, 3.8) is 0 Å². The van der Waals surface area contributed by atoms with E-state index in [2.05, 4.69) is 15.0 Å². The fourth-order valence-corrected chi connectivity index (χ4v) is 3.17. The average Bonchev–Trinajstić information content (AvgIpc) is 2.99. The van der Waals surface area contributed by atoms with Crippen LogP contribution < -0.4 is 4.74 Å². The predicted octanol–water partition coefficient (Wildman–Crippen LogP) is 2.75. The number of nitrogens with zero attached hydrogens (tertiary/aromatic N) is 2. The number of ether oxygens (including phenoxy) is 1. The van der Waals surface area contributed by atoms with Gasteiger partial charge in [-0.3, -0.25) is 9.19 Å². The first-order valence-electron chi connectivity index (χ1n) is 7.30. The molecule has 27 heavy (non-hydrogen) atoms. The first-order chi connectivity index (χ1) is 11.8. The Morgan fingerprint density at radius 3 is 2.59 bits per heavy atom. The van der Waals surface area contributed by atoms with Crippen molar-refractivity contribution in [2.75, 3.05) is 6.61 Å². The second-order valence-corrected chi connectivity index (χ2v) is 6.76. The third-order valence-corrected chi connectivity index (χ3v) is 4.55. The van der Waals surface area contributed by atoms with Crippen LogP contribution in [0.2, 0.25) is 0 Å². The second kappa shape index (κ2) is 10.1. The molecule has 1 atom stereocenters. The van der Waals surface area contributed by atoms with E-state index >= 15 is 0 Å². The zero-order chi connectivity index (χ0) is 18.0. The summed E-state index contributed by atoms with van der Waals surface area (Å²) in [5.41, 5.74) is 2.29. The van der Waals surface area contributed by atoms with E-state index in [0.29, 0.717) is 21.9 Å². The summed E-state index contributed by atoms with van der Waals surface area (Å²) in [4.78, 5) is 11.3. The molecule has 0 aliphatic carbocycles. The van der Waals surface area contributed by atoms with E-state index in [1.54, 1.807) is 13.0 Å². The molecule has 0 spiro atoms. The first kappa shape index (κ1) is 24.2. The van der Waals surface area contributed by atoms with Crippen LogP contribution in [-0.2, 0) is 16.6 Å². The largest absolute Gasteiger partial charge is 2.00 e. The van der Waals surface area contributed by atoms with Crippen LogP contribution in [0.25, 0.3) is 11.0 Å². The van der Waals surface area contributed by atoms with Gasteiger partial charge in [0.15, 0.2) is 11.8 Å². The Labute approximate surface area is 188 Å². The normalized spacial score (nSPS) is 12.1. The van der Waals surface area contributed by atoms with Crippen LogP contribution in [0.3, 0.4) is 0 Å². The van der Waals surface area contributed by atoms with Crippen molar-refractivity contribution >= 4 is 67.9 Å². The number of nitrogens with one attached hydrogen (secondary N) is 1. The minimum atomic E-state index is -4.42. The topological polar surface area (TPSA) is 67.9 Å². The average molecular weight is 418 g/mol. The van der Waals surface area contributed by atoms with Crippen molar-refractivity contribution in [2.24, 2.45) is 0 Å². The SMILES string of the molecule is Cc1cnc(CS(=O)c2nc3ccccc3[nH]2)cc1OCC(F)(F)F.[Mg+2].[Mg+2]. The molecule has 0 bridgehead atoms. The van der Waals surface area contributed by atoms with Gasteiger partial charge in [0.1, 0.15) is 5.75 Å². The number of para-hydroxylation sites is 2. The number of aryl methyl sites for hydroxylation is 1. The molecule has 11 heteroatoms. The molecule has 0 fully saturated rings. The van der Waals surface area contributed by atoms with E-state index in [4.69, 9.17) is 4.74 Å². The number of H-pyrrole nitrogens is 1. The summed E-state index contributed by atoms with van der Waals surface area (Å²) >= 11 is 0. The molecule has 0 saturated heterocycles. The molecular formula is C16H14F3Mg2N3O2S+4. The Balaban J connectivity index is 0.00000182. The zero-order valence-electron chi connectivity index (χ0n) is 14.5. The van der Waals surface area contributed by atoms with Gasteiger partial charge in [-0.05, 0) is 19.1 Å². The molecule has 2 heterocycles. The van der Waals surface area contributed by atoms with Gasteiger partial charge in [0.2, 0.25) is 0 Å². The third-order valence-electron chi connectivity index (χ3n) is 3.36. The Morgan fingerprint density at radius 1 is 1.22 bits per heavy atom. The predicted molar refractivity (Wildman–Crippen MR) is 98.2 cm³/mol. The molecule has 5 nitrogen and oxygen atoms in total. The Morgan fingerprint density at radius 2 is 1.93 bits per heavy atom. The minimum absolute atomic E-state index is 0. The van der Waals surface area contributed by atoms with E-state index < -0.39 is 23.6 Å². The molecule has 132 valence electrons. The monoisotopic (exact) mass is 417 g/mol. The Bertz CT molecular complexity index is 902. The van der Waals surface area contributed by atoms with Crippen LogP contribution in [0.1, 0.15) is 11.3 Å². The smallest absolute Gasteiger partial charge is 0.484 e. The van der Waals surface area contributed by atoms with Gasteiger partial charge in [-0.15, -0.1) is 0 Å². The summed E-state index contributed by atoms with van der Waals surface area (Å²) in [6.45, 7) is 0.211. The maximum atomic E-state index is 12.5. The molecule has 0 aliphatic heterocycles. The Kier molecular flexibility index (Phi) is 8.99. The van der Waals surface area contributed by atoms with Gasteiger partial charge >= 0.3 is 52.3 Å². The van der Waals surface area contributed by atoms with Gasteiger partial charge in [0.05, 0.1) is 33.3 Å². The van der Waals surface area contributed by atoms with Crippen LogP contribution in [0.15, 0.2) is 41.7 Å². The van der Waals surface area contributed by atoms with Crippen molar-refractivity contribution in [1.82, 2.24) is 15.0 Å². The molecule has 1 aromatic carbocycles. The molecule has 0 radical (unpaired) electrons. The maximum Gasteiger partial charge on any atom is 2.00 e. The third kappa shape index (κ3) is 6.59. The summed E-state index contributed by atoms with van der Waals surface area (Å²) in [6, 6.07) is 8.64. The quantitative estimate of drug-likeness (QED) is 0.648. The summed E-state index contributed by atoms with van der Waals surface area (Å²) in [5, 5.41) is 0.293. The Hall–Kier alpha value is -0.888. The van der Waals surface area contributed by atoms with E-state index in [0.717, 1.165) is 5.52 Å². The van der Waals surface area contributed by atoms with Crippen LogP contribution in [-0.4, -0.2) is 78.0 Å². The summed E-state index contributed by atoms with van der Waals surface area (Å²) in [7, 11) is -1.51. The number of pyridine rings is 1. The van der Waals surface area contributed by atoms with Crippen molar-refractivity contribution in [3.8, 4) is 5.75 Å². The standard InChI is InChI=1S/C16H14F3N3O2S.2Mg/c1-10-7-20-11(6-14(10)24-9-16(17,18)19)8-25(23)15-21-12-4-2-3-5-13(12)22-15;;/h2-7H,8-9H2,1H3,(H,21,22);;/q;2*+2. The summed E-state index contributed by atoms with van der Waals surface area (Å²) < 4.78 is 54.2. The molecule has 0 amide bonds. The van der Waals surface area contributed by atoms with Crippen molar-refractivity contribution in [2.45, 2.75) is 24.0 Å². The van der Waals surface area contributed by atoms with Crippen molar-refractivity contribution in [3.05, 3.63) is 47.8 Å². The molecule has 1 N–H and O–H groups in total. The summed E-state index contributed by atoms with van der Waals surface area (Å²) in [6.07, 6.45) is -3.02. The van der Waals surface area contributed by atoms with Crippen LogP contribution in [0, 0.1) is 6.92 Å². The number of hydrogen-bond donors (Lipinski definition) is 1. The number of halogens is 3. The van der Waals surface area contributed by atoms with E-state index in [1.807, 2.05) is 18.2 Å². The molecular weight excluding hydrogens is 404 g/mol. The van der Waals surface area contributed by atoms with Crippen LogP contribution in [0.4, 0.5) is 13.2 Å². The number of fused-ring (bicyclic) bond motifs is 1. The minimum Gasteiger partial charge on any atom is -0.484 e. The second-order valence-electron chi connectivity index (χ2n) is 5.39. The first-order valence-corrected chi connectivity index (χ1v) is 8.62. The molecule has 1 unspecified atom stereocenters. The maximum absolute atomic E-state index is 12.5. The van der Waals surface area contributed by atoms with Gasteiger partial charge < -0.3 is 9.72 Å². The van der Waals surface area contributed by atoms with Gasteiger partial charge in [-0.1, -0.05) is 12.1 Å². The number of benzene rings is 1. The number of imidazole rings is 1. The van der Waals surface area contributed by atoms with Gasteiger partial charge in [-0.2, -0.15) is 13.2 Å². The van der Waals surface area contributed by atoms with Crippen molar-refractivity contribution in [1.29, 1.82) is 0 Å². The zero-order valence-corrected chi connectivity index (χ0v) is 18.2. The van der Waals surface area contributed by atoms with E-state index in [9.17, 15) is 17.4 Å². The van der Waals surface area contributed by atoms with Gasteiger partial charge in [0.25, 0.3) is 0 Å².